The number of hydrogen-bond donors (Lipinski definition) is 1. The van der Waals surface area contributed by atoms with Crippen LogP contribution in [0.15, 0.2) is 48.5 Å². The van der Waals surface area contributed by atoms with Crippen molar-refractivity contribution in [1.29, 1.82) is 0 Å². The first-order valence-electron chi connectivity index (χ1n) is 7.61. The van der Waals surface area contributed by atoms with Gasteiger partial charge in [-0.25, -0.2) is 0 Å². The molecule has 0 radical (unpaired) electrons. The smallest absolute Gasteiger partial charge is 0.255 e. The summed E-state index contributed by atoms with van der Waals surface area (Å²) in [5.74, 6) is 0.0100. The first kappa shape index (κ1) is 16.0. The molecule has 1 aliphatic heterocycles. The average Bonchev–Trinajstić information content (AvgIpc) is 2.55. The fraction of sp³-hybridized carbons (Fsp3) is 0.222. The van der Waals surface area contributed by atoms with Gasteiger partial charge in [0.05, 0.1) is 0 Å². The van der Waals surface area contributed by atoms with Crippen molar-refractivity contribution in [2.24, 2.45) is 0 Å². The summed E-state index contributed by atoms with van der Waals surface area (Å²) in [4.78, 5) is 26.0. The van der Waals surface area contributed by atoms with E-state index in [1.165, 1.54) is 0 Å². The molecule has 0 unspecified atom stereocenters. The van der Waals surface area contributed by atoms with Gasteiger partial charge in [0.15, 0.2) is 0 Å². The van der Waals surface area contributed by atoms with Crippen molar-refractivity contribution in [1.82, 2.24) is 0 Å². The molecular weight excluding hydrogens is 403 g/mol. The molecule has 3 rings (SSSR count). The summed E-state index contributed by atoms with van der Waals surface area (Å²) < 4.78 is 1.07. The Bertz CT molecular complexity index is 728. The van der Waals surface area contributed by atoms with Crippen LogP contribution in [-0.2, 0) is 4.79 Å². The van der Waals surface area contributed by atoms with Gasteiger partial charge in [0.25, 0.3) is 5.91 Å². The second-order valence-electron chi connectivity index (χ2n) is 5.51. The zero-order valence-electron chi connectivity index (χ0n) is 12.6. The van der Waals surface area contributed by atoms with E-state index < -0.39 is 0 Å². The van der Waals surface area contributed by atoms with E-state index in [2.05, 4.69) is 27.9 Å². The van der Waals surface area contributed by atoms with Gasteiger partial charge >= 0.3 is 0 Å². The van der Waals surface area contributed by atoms with Crippen LogP contribution in [0.1, 0.15) is 29.6 Å². The summed E-state index contributed by atoms with van der Waals surface area (Å²) in [5, 5.41) is 2.88. The third-order valence-corrected chi connectivity index (χ3v) is 4.52. The van der Waals surface area contributed by atoms with Crippen molar-refractivity contribution in [3.05, 3.63) is 57.7 Å². The third-order valence-electron chi connectivity index (χ3n) is 3.85. The number of nitrogens with one attached hydrogen (secondary N) is 1. The number of anilines is 2. The van der Waals surface area contributed by atoms with Gasteiger partial charge in [0.2, 0.25) is 5.91 Å². The molecule has 0 saturated carbocycles. The van der Waals surface area contributed by atoms with Crippen LogP contribution in [0.2, 0.25) is 0 Å². The predicted octanol–water partition coefficient (Wildman–Crippen LogP) is 4.06. The monoisotopic (exact) mass is 420 g/mol. The Kier molecular flexibility index (Phi) is 4.95. The van der Waals surface area contributed by atoms with Crippen LogP contribution in [0.5, 0.6) is 0 Å². The van der Waals surface area contributed by atoms with Gasteiger partial charge in [0, 0.05) is 33.5 Å². The van der Waals surface area contributed by atoms with Gasteiger partial charge in [-0.2, -0.15) is 0 Å². The molecule has 5 heteroatoms. The minimum absolute atomic E-state index is 0.150. The summed E-state index contributed by atoms with van der Waals surface area (Å²) in [6, 6.07) is 14.9. The fourth-order valence-electron chi connectivity index (χ4n) is 2.64. The average molecular weight is 420 g/mol. The standard InChI is InChI=1S/C18H17IN2O2/c19-14-4-3-5-15(12-14)20-18(23)13-7-9-16(10-8-13)21-11-2-1-6-17(21)22/h3-5,7-10,12H,1-2,6,11H2,(H,20,23). The van der Waals surface area contributed by atoms with Crippen molar-refractivity contribution < 1.29 is 9.59 Å². The summed E-state index contributed by atoms with van der Waals surface area (Å²) in [6.45, 7) is 0.757. The van der Waals surface area contributed by atoms with Crippen molar-refractivity contribution in [2.75, 3.05) is 16.8 Å². The van der Waals surface area contributed by atoms with E-state index in [0.29, 0.717) is 12.0 Å². The highest BCUT2D eigenvalue weighted by Crippen LogP contribution is 2.22. The number of benzene rings is 2. The molecule has 23 heavy (non-hydrogen) atoms. The second kappa shape index (κ2) is 7.12. The number of hydrogen-bond acceptors (Lipinski definition) is 2. The summed E-state index contributed by atoms with van der Waals surface area (Å²) >= 11 is 2.21. The molecule has 4 nitrogen and oxygen atoms in total. The Morgan fingerprint density at radius 1 is 1.09 bits per heavy atom. The molecular formula is C18H17IN2O2. The Balaban J connectivity index is 1.71. The van der Waals surface area contributed by atoms with Gasteiger partial charge in [-0.3, -0.25) is 9.59 Å². The predicted molar refractivity (Wildman–Crippen MR) is 99.8 cm³/mol. The van der Waals surface area contributed by atoms with Crippen LogP contribution >= 0.6 is 22.6 Å². The molecule has 0 aliphatic carbocycles. The molecule has 1 heterocycles. The summed E-state index contributed by atoms with van der Waals surface area (Å²) in [7, 11) is 0. The van der Waals surface area contributed by atoms with Crippen LogP contribution in [-0.4, -0.2) is 18.4 Å². The number of amides is 2. The molecule has 1 fully saturated rings. The highest BCUT2D eigenvalue weighted by Gasteiger charge is 2.19. The van der Waals surface area contributed by atoms with Gasteiger partial charge in [-0.05, 0) is 77.9 Å². The van der Waals surface area contributed by atoms with Gasteiger partial charge < -0.3 is 10.2 Å². The number of nitrogens with zero attached hydrogens (tertiary/aromatic N) is 1. The maximum absolute atomic E-state index is 12.3. The van der Waals surface area contributed by atoms with Gasteiger partial charge in [-0.1, -0.05) is 6.07 Å². The molecule has 0 aromatic heterocycles. The lowest BCUT2D eigenvalue weighted by Gasteiger charge is -2.26. The minimum Gasteiger partial charge on any atom is -0.322 e. The molecule has 1 aliphatic rings. The molecule has 1 saturated heterocycles. The molecule has 2 amide bonds. The largest absolute Gasteiger partial charge is 0.322 e. The third kappa shape index (κ3) is 3.90. The lowest BCUT2D eigenvalue weighted by molar-refractivity contribution is -0.119. The van der Waals surface area contributed by atoms with Crippen LogP contribution < -0.4 is 10.2 Å². The fourth-order valence-corrected chi connectivity index (χ4v) is 3.18. The molecule has 0 spiro atoms. The van der Waals surface area contributed by atoms with Gasteiger partial charge in [-0.15, -0.1) is 0 Å². The zero-order chi connectivity index (χ0) is 16.2. The molecule has 0 bridgehead atoms. The topological polar surface area (TPSA) is 49.4 Å². The van der Waals surface area contributed by atoms with E-state index in [0.717, 1.165) is 34.3 Å². The highest BCUT2D eigenvalue weighted by molar-refractivity contribution is 14.1. The van der Waals surface area contributed by atoms with Crippen molar-refractivity contribution in [3.8, 4) is 0 Å². The Morgan fingerprint density at radius 3 is 2.57 bits per heavy atom. The van der Waals surface area contributed by atoms with E-state index in [9.17, 15) is 9.59 Å². The van der Waals surface area contributed by atoms with E-state index in [1.807, 2.05) is 36.4 Å². The molecule has 1 N–H and O–H groups in total. The van der Waals surface area contributed by atoms with Crippen LogP contribution in [0.4, 0.5) is 11.4 Å². The Hall–Kier alpha value is -1.89. The van der Waals surface area contributed by atoms with Crippen molar-refractivity contribution in [2.45, 2.75) is 19.3 Å². The number of rotatable bonds is 3. The Labute approximate surface area is 149 Å². The maximum Gasteiger partial charge on any atom is 0.255 e. The van der Waals surface area contributed by atoms with E-state index in [4.69, 9.17) is 0 Å². The molecule has 0 atom stereocenters. The summed E-state index contributed by atoms with van der Waals surface area (Å²) in [6.07, 6.45) is 2.60. The van der Waals surface area contributed by atoms with E-state index >= 15 is 0 Å². The van der Waals surface area contributed by atoms with Crippen LogP contribution in [0.3, 0.4) is 0 Å². The lowest BCUT2D eigenvalue weighted by Crippen LogP contribution is -2.35. The second-order valence-corrected chi connectivity index (χ2v) is 6.76. The quantitative estimate of drug-likeness (QED) is 0.762. The number of halogens is 1. The zero-order valence-corrected chi connectivity index (χ0v) is 14.7. The maximum atomic E-state index is 12.3. The van der Waals surface area contributed by atoms with E-state index in [-0.39, 0.29) is 11.8 Å². The van der Waals surface area contributed by atoms with Crippen LogP contribution in [0.25, 0.3) is 0 Å². The number of carbonyl (C=O) groups excluding carboxylic acids is 2. The first-order valence-corrected chi connectivity index (χ1v) is 8.69. The molecule has 2 aromatic rings. The lowest BCUT2D eigenvalue weighted by atomic mass is 10.1. The molecule has 2 aromatic carbocycles. The molecule has 118 valence electrons. The van der Waals surface area contributed by atoms with Gasteiger partial charge in [0.1, 0.15) is 0 Å². The summed E-state index contributed by atoms with van der Waals surface area (Å²) in [5.41, 5.74) is 2.22. The minimum atomic E-state index is -0.150. The SMILES string of the molecule is O=C(Nc1cccc(I)c1)c1ccc(N2CCCCC2=O)cc1. The number of carbonyl (C=O) groups is 2. The highest BCUT2D eigenvalue weighted by atomic mass is 127. The van der Waals surface area contributed by atoms with E-state index in [1.54, 1.807) is 17.0 Å². The van der Waals surface area contributed by atoms with Crippen molar-refractivity contribution in [3.63, 3.8) is 0 Å². The Morgan fingerprint density at radius 2 is 1.87 bits per heavy atom. The van der Waals surface area contributed by atoms with Crippen molar-refractivity contribution >= 4 is 45.8 Å². The first-order chi connectivity index (χ1) is 11.1. The normalized spacial score (nSPS) is 14.7. The number of piperidine rings is 1. The van der Waals surface area contributed by atoms with Crippen LogP contribution in [0, 0.1) is 3.57 Å².